The van der Waals surface area contributed by atoms with Gasteiger partial charge in [-0.2, -0.15) is 0 Å². The average molecular weight is 275 g/mol. The summed E-state index contributed by atoms with van der Waals surface area (Å²) in [7, 11) is 4.05. The molecule has 1 aliphatic rings. The third kappa shape index (κ3) is 4.53. The van der Waals surface area contributed by atoms with E-state index in [4.69, 9.17) is 0 Å². The van der Waals surface area contributed by atoms with Gasteiger partial charge in [0.05, 0.1) is 0 Å². The third-order valence-electron chi connectivity index (χ3n) is 3.69. The van der Waals surface area contributed by atoms with Crippen molar-refractivity contribution in [1.29, 1.82) is 0 Å². The monoisotopic (exact) mass is 275 g/mol. The molecule has 2 N–H and O–H groups in total. The Hall–Kier alpha value is -1.55. The molecule has 0 bridgehead atoms. The Labute approximate surface area is 121 Å². The second-order valence-electron chi connectivity index (χ2n) is 5.83. The van der Waals surface area contributed by atoms with Gasteiger partial charge in [0.15, 0.2) is 0 Å². The fourth-order valence-electron chi connectivity index (χ4n) is 2.71. The summed E-state index contributed by atoms with van der Waals surface area (Å²) in [5.74, 6) is 0. The maximum absolute atomic E-state index is 12.1. The normalized spacial score (nSPS) is 16.1. The van der Waals surface area contributed by atoms with Crippen molar-refractivity contribution in [3.8, 4) is 0 Å². The van der Waals surface area contributed by atoms with E-state index in [1.807, 2.05) is 32.3 Å². The van der Waals surface area contributed by atoms with Crippen molar-refractivity contribution >= 4 is 11.7 Å². The van der Waals surface area contributed by atoms with E-state index in [2.05, 4.69) is 21.6 Å². The van der Waals surface area contributed by atoms with E-state index < -0.39 is 0 Å². The molecule has 0 unspecified atom stereocenters. The van der Waals surface area contributed by atoms with Crippen molar-refractivity contribution in [3.63, 3.8) is 0 Å². The van der Waals surface area contributed by atoms with Crippen molar-refractivity contribution in [2.45, 2.75) is 44.7 Å². The molecule has 1 fully saturated rings. The van der Waals surface area contributed by atoms with Gasteiger partial charge in [-0.1, -0.05) is 37.5 Å². The number of nitrogens with one attached hydrogen (secondary N) is 2. The van der Waals surface area contributed by atoms with Crippen molar-refractivity contribution in [3.05, 3.63) is 29.8 Å². The number of carbonyl (C=O) groups excluding carboxylic acids is 1. The van der Waals surface area contributed by atoms with E-state index in [0.29, 0.717) is 6.04 Å². The fourth-order valence-corrected chi connectivity index (χ4v) is 2.71. The zero-order valence-electron chi connectivity index (χ0n) is 12.5. The number of amides is 2. The molecule has 1 saturated carbocycles. The highest BCUT2D eigenvalue weighted by Crippen LogP contribution is 2.19. The summed E-state index contributed by atoms with van der Waals surface area (Å²) in [6.07, 6.45) is 5.95. The molecule has 1 aliphatic carbocycles. The van der Waals surface area contributed by atoms with Gasteiger partial charge in [0.1, 0.15) is 0 Å². The van der Waals surface area contributed by atoms with Crippen LogP contribution in [-0.2, 0) is 6.54 Å². The molecule has 0 radical (unpaired) electrons. The number of urea groups is 1. The molecule has 1 aromatic rings. The minimum absolute atomic E-state index is 0.0805. The van der Waals surface area contributed by atoms with Gasteiger partial charge in [0.2, 0.25) is 0 Å². The van der Waals surface area contributed by atoms with E-state index in [1.165, 1.54) is 19.3 Å². The van der Waals surface area contributed by atoms with Gasteiger partial charge >= 0.3 is 6.03 Å². The first kappa shape index (κ1) is 14.9. The van der Waals surface area contributed by atoms with Gasteiger partial charge < -0.3 is 15.5 Å². The fraction of sp³-hybridized carbons (Fsp3) is 0.562. The summed E-state index contributed by atoms with van der Waals surface area (Å²) in [4.78, 5) is 14.2. The molecule has 0 spiro atoms. The maximum Gasteiger partial charge on any atom is 0.319 e. The number of benzene rings is 1. The molecule has 0 aromatic heterocycles. The number of hydrogen-bond donors (Lipinski definition) is 2. The first-order valence-corrected chi connectivity index (χ1v) is 7.45. The second-order valence-corrected chi connectivity index (χ2v) is 5.83. The standard InChI is InChI=1S/C16H25N3O/c1-19(2)12-13-8-6-7-11-15(13)18-16(20)17-14-9-4-3-5-10-14/h6-8,11,14H,3-5,9-10,12H2,1-2H3,(H2,17,18,20). The maximum atomic E-state index is 12.1. The largest absolute Gasteiger partial charge is 0.335 e. The Balaban J connectivity index is 1.93. The van der Waals surface area contributed by atoms with Crippen LogP contribution in [0.2, 0.25) is 0 Å². The zero-order chi connectivity index (χ0) is 14.4. The van der Waals surface area contributed by atoms with E-state index in [1.54, 1.807) is 0 Å². The Morgan fingerprint density at radius 1 is 1.20 bits per heavy atom. The van der Waals surface area contributed by atoms with Gasteiger partial charge in [-0.25, -0.2) is 4.79 Å². The van der Waals surface area contributed by atoms with Crippen LogP contribution >= 0.6 is 0 Å². The first-order valence-electron chi connectivity index (χ1n) is 7.45. The minimum atomic E-state index is -0.0805. The molecule has 1 aromatic carbocycles. The number of nitrogens with zero attached hydrogens (tertiary/aromatic N) is 1. The lowest BCUT2D eigenvalue weighted by molar-refractivity contribution is 0.244. The lowest BCUT2D eigenvalue weighted by Crippen LogP contribution is -2.39. The number of para-hydroxylation sites is 1. The van der Waals surface area contributed by atoms with Gasteiger partial charge in [-0.15, -0.1) is 0 Å². The quantitative estimate of drug-likeness (QED) is 0.886. The number of rotatable bonds is 4. The summed E-state index contributed by atoms with van der Waals surface area (Å²) in [5, 5.41) is 6.07. The van der Waals surface area contributed by atoms with Gasteiger partial charge in [0, 0.05) is 18.3 Å². The molecule has 4 heteroatoms. The molecule has 0 aliphatic heterocycles. The van der Waals surface area contributed by atoms with Crippen LogP contribution in [0.3, 0.4) is 0 Å². The molecule has 20 heavy (non-hydrogen) atoms. The summed E-state index contributed by atoms with van der Waals surface area (Å²) in [6, 6.07) is 8.22. The van der Waals surface area contributed by atoms with Crippen LogP contribution in [0.1, 0.15) is 37.7 Å². The van der Waals surface area contributed by atoms with Crippen LogP contribution in [0.15, 0.2) is 24.3 Å². The molecular weight excluding hydrogens is 250 g/mol. The van der Waals surface area contributed by atoms with Crippen LogP contribution in [-0.4, -0.2) is 31.1 Å². The number of hydrogen-bond acceptors (Lipinski definition) is 2. The molecule has 4 nitrogen and oxygen atoms in total. The SMILES string of the molecule is CN(C)Cc1ccccc1NC(=O)NC1CCCCC1. The Morgan fingerprint density at radius 3 is 2.60 bits per heavy atom. The minimum Gasteiger partial charge on any atom is -0.335 e. The van der Waals surface area contributed by atoms with Gasteiger partial charge in [0.25, 0.3) is 0 Å². The topological polar surface area (TPSA) is 44.4 Å². The predicted molar refractivity (Wildman–Crippen MR) is 82.9 cm³/mol. The van der Waals surface area contributed by atoms with E-state index in [9.17, 15) is 4.79 Å². The van der Waals surface area contributed by atoms with E-state index >= 15 is 0 Å². The Bertz CT molecular complexity index is 439. The molecule has 2 rings (SSSR count). The summed E-state index contributed by atoms with van der Waals surface area (Å²) in [5.41, 5.74) is 2.03. The third-order valence-corrected chi connectivity index (χ3v) is 3.69. The molecule has 110 valence electrons. The van der Waals surface area contributed by atoms with E-state index in [0.717, 1.165) is 30.6 Å². The molecular formula is C16H25N3O. The highest BCUT2D eigenvalue weighted by molar-refractivity contribution is 5.90. The van der Waals surface area contributed by atoms with Gasteiger partial charge in [-0.05, 0) is 38.6 Å². The van der Waals surface area contributed by atoms with Crippen LogP contribution < -0.4 is 10.6 Å². The molecule has 0 saturated heterocycles. The van der Waals surface area contributed by atoms with Crippen molar-refractivity contribution < 1.29 is 4.79 Å². The highest BCUT2D eigenvalue weighted by Gasteiger charge is 2.16. The summed E-state index contributed by atoms with van der Waals surface area (Å²) in [6.45, 7) is 0.819. The molecule has 0 atom stereocenters. The van der Waals surface area contributed by atoms with Crippen LogP contribution in [0.25, 0.3) is 0 Å². The second kappa shape index (κ2) is 7.29. The van der Waals surface area contributed by atoms with Crippen LogP contribution in [0, 0.1) is 0 Å². The summed E-state index contributed by atoms with van der Waals surface area (Å²) >= 11 is 0. The van der Waals surface area contributed by atoms with Crippen LogP contribution in [0.5, 0.6) is 0 Å². The lowest BCUT2D eigenvalue weighted by Gasteiger charge is -2.23. The van der Waals surface area contributed by atoms with Crippen molar-refractivity contribution in [1.82, 2.24) is 10.2 Å². The molecule has 2 amide bonds. The molecule has 0 heterocycles. The summed E-state index contributed by atoms with van der Waals surface area (Å²) < 4.78 is 0. The Kier molecular flexibility index (Phi) is 5.41. The Morgan fingerprint density at radius 2 is 1.90 bits per heavy atom. The smallest absolute Gasteiger partial charge is 0.319 e. The van der Waals surface area contributed by atoms with Crippen molar-refractivity contribution in [2.24, 2.45) is 0 Å². The highest BCUT2D eigenvalue weighted by atomic mass is 16.2. The lowest BCUT2D eigenvalue weighted by atomic mass is 9.96. The average Bonchev–Trinajstić information content (AvgIpc) is 2.41. The van der Waals surface area contributed by atoms with Crippen LogP contribution in [0.4, 0.5) is 10.5 Å². The van der Waals surface area contributed by atoms with E-state index in [-0.39, 0.29) is 6.03 Å². The number of anilines is 1. The first-order chi connectivity index (χ1) is 9.65. The zero-order valence-corrected chi connectivity index (χ0v) is 12.5. The van der Waals surface area contributed by atoms with Gasteiger partial charge in [-0.3, -0.25) is 0 Å². The predicted octanol–water partition coefficient (Wildman–Crippen LogP) is 3.20. The number of carbonyl (C=O) groups is 1. The van der Waals surface area contributed by atoms with Crippen molar-refractivity contribution in [2.75, 3.05) is 19.4 Å².